The minimum atomic E-state index is -0.538. The number of pyridine rings is 1. The van der Waals surface area contributed by atoms with Crippen molar-refractivity contribution in [3.63, 3.8) is 0 Å². The van der Waals surface area contributed by atoms with Crippen molar-refractivity contribution in [3.05, 3.63) is 20.9 Å². The fourth-order valence-electron chi connectivity index (χ4n) is 3.66. The molecule has 24 heavy (non-hydrogen) atoms. The summed E-state index contributed by atoms with van der Waals surface area (Å²) in [6, 6.07) is 0. The molecule has 1 heterocycles. The first-order valence-electron chi connectivity index (χ1n) is 8.13. The van der Waals surface area contributed by atoms with Crippen molar-refractivity contribution >= 4 is 52.1 Å². The smallest absolute Gasteiger partial charge is 0.291 e. The predicted molar refractivity (Wildman–Crippen MR) is 97.9 cm³/mol. The molecule has 1 aromatic heterocycles. The van der Waals surface area contributed by atoms with Crippen LogP contribution in [-0.4, -0.2) is 16.6 Å². The molecule has 2 fully saturated rings. The second-order valence-corrected chi connectivity index (χ2v) is 7.57. The number of rotatable bonds is 2. The lowest BCUT2D eigenvalue weighted by Crippen LogP contribution is -2.30. The molecule has 5 nitrogen and oxygen atoms in total. The number of nitrogens with one attached hydrogen (secondary N) is 1. The maximum absolute atomic E-state index is 12.3. The van der Waals surface area contributed by atoms with Crippen molar-refractivity contribution in [1.82, 2.24) is 10.4 Å². The Bertz CT molecular complexity index is 692. The van der Waals surface area contributed by atoms with Gasteiger partial charge in [-0.05, 0) is 37.5 Å². The van der Waals surface area contributed by atoms with Crippen LogP contribution < -0.4 is 11.2 Å². The number of hydrogen-bond acceptors (Lipinski definition) is 4. The van der Waals surface area contributed by atoms with Gasteiger partial charge >= 0.3 is 0 Å². The van der Waals surface area contributed by atoms with E-state index in [-0.39, 0.29) is 26.6 Å². The first kappa shape index (κ1) is 17.8. The molecular formula is C16H19Cl3N4O. The van der Waals surface area contributed by atoms with Crippen LogP contribution in [0.1, 0.15) is 55.4 Å². The molecule has 1 aromatic rings. The van der Waals surface area contributed by atoms with Crippen LogP contribution in [0, 0.1) is 11.8 Å². The van der Waals surface area contributed by atoms with Crippen LogP contribution in [0.3, 0.4) is 0 Å². The lowest BCUT2D eigenvalue weighted by atomic mass is 9.70. The highest BCUT2D eigenvalue weighted by molar-refractivity contribution is 6.46. The molecule has 0 aliphatic heterocycles. The van der Waals surface area contributed by atoms with E-state index in [4.69, 9.17) is 40.5 Å². The van der Waals surface area contributed by atoms with E-state index in [9.17, 15) is 4.79 Å². The van der Waals surface area contributed by atoms with E-state index >= 15 is 0 Å². The van der Waals surface area contributed by atoms with E-state index in [0.717, 1.165) is 30.9 Å². The molecule has 2 aliphatic carbocycles. The van der Waals surface area contributed by atoms with E-state index < -0.39 is 5.91 Å². The van der Waals surface area contributed by atoms with Gasteiger partial charge in [-0.25, -0.2) is 10.4 Å². The summed E-state index contributed by atoms with van der Waals surface area (Å²) in [5, 5.41) is 4.24. The van der Waals surface area contributed by atoms with Crippen molar-refractivity contribution in [1.29, 1.82) is 0 Å². The lowest BCUT2D eigenvalue weighted by Gasteiger charge is -2.35. The molecule has 3 N–H and O–H groups in total. The summed E-state index contributed by atoms with van der Waals surface area (Å²) in [5.74, 6) is 0.980. The Kier molecular flexibility index (Phi) is 5.52. The highest BCUT2D eigenvalue weighted by atomic mass is 35.5. The Morgan fingerprint density at radius 3 is 2.58 bits per heavy atom. The quantitative estimate of drug-likeness (QED) is 0.568. The average Bonchev–Trinajstić information content (AvgIpc) is 2.60. The molecular weight excluding hydrogens is 371 g/mol. The molecule has 2 atom stereocenters. The SMILES string of the molecule is Nc1c(Cl)c(Cl)nc(C(=O)N/N=C2/CC[C@@H]3CCCC[C@H]3C2)c1Cl. The highest BCUT2D eigenvalue weighted by Crippen LogP contribution is 2.39. The average molecular weight is 390 g/mol. The van der Waals surface area contributed by atoms with Gasteiger partial charge in [0.15, 0.2) is 10.8 Å². The van der Waals surface area contributed by atoms with Crippen LogP contribution in [-0.2, 0) is 0 Å². The molecule has 0 unspecified atom stereocenters. The summed E-state index contributed by atoms with van der Waals surface area (Å²) in [4.78, 5) is 16.2. The standard InChI is InChI=1S/C16H19Cl3N4O/c17-11-13(20)12(18)15(19)21-14(11)16(24)23-22-10-6-5-8-3-1-2-4-9(8)7-10/h8-9H,1-7H2,(H2,20,21)(H,23,24)/b22-10-/t8-,9-/m0/s1. The Balaban J connectivity index is 1.69. The summed E-state index contributed by atoms with van der Waals surface area (Å²) in [7, 11) is 0. The van der Waals surface area contributed by atoms with E-state index in [1.54, 1.807) is 0 Å². The van der Waals surface area contributed by atoms with Gasteiger partial charge in [-0.2, -0.15) is 5.10 Å². The molecule has 0 bridgehead atoms. The number of carbonyl (C=O) groups excluding carboxylic acids is 1. The van der Waals surface area contributed by atoms with Crippen molar-refractivity contribution < 1.29 is 4.79 Å². The summed E-state index contributed by atoms with van der Waals surface area (Å²) >= 11 is 17.8. The molecule has 2 aliphatic rings. The third-order valence-corrected chi connectivity index (χ3v) is 6.11. The number of nitrogens with two attached hydrogens (primary N) is 1. The maximum atomic E-state index is 12.3. The Labute approximate surface area is 155 Å². The number of amides is 1. The summed E-state index contributed by atoms with van der Waals surface area (Å²) in [6.45, 7) is 0. The van der Waals surface area contributed by atoms with E-state index in [1.165, 1.54) is 25.7 Å². The normalized spacial score (nSPS) is 25.4. The van der Waals surface area contributed by atoms with Crippen LogP contribution in [0.15, 0.2) is 5.10 Å². The van der Waals surface area contributed by atoms with Crippen LogP contribution in [0.2, 0.25) is 15.2 Å². The number of aromatic nitrogens is 1. The molecule has 0 radical (unpaired) electrons. The lowest BCUT2D eigenvalue weighted by molar-refractivity contribution is 0.0949. The van der Waals surface area contributed by atoms with Crippen LogP contribution in [0.25, 0.3) is 0 Å². The summed E-state index contributed by atoms with van der Waals surface area (Å²) in [5.41, 5.74) is 9.25. The molecule has 0 saturated heterocycles. The zero-order valence-electron chi connectivity index (χ0n) is 13.1. The topological polar surface area (TPSA) is 80.4 Å². The molecule has 3 rings (SSSR count). The number of hydrazone groups is 1. The van der Waals surface area contributed by atoms with Gasteiger partial charge in [-0.1, -0.05) is 54.1 Å². The summed E-state index contributed by atoms with van der Waals surface area (Å²) in [6.07, 6.45) is 8.25. The first-order valence-corrected chi connectivity index (χ1v) is 9.26. The van der Waals surface area contributed by atoms with Crippen molar-refractivity contribution in [2.45, 2.75) is 44.9 Å². The van der Waals surface area contributed by atoms with Gasteiger partial charge in [0.2, 0.25) is 0 Å². The van der Waals surface area contributed by atoms with E-state index in [0.29, 0.717) is 5.92 Å². The zero-order valence-corrected chi connectivity index (χ0v) is 15.4. The third kappa shape index (κ3) is 3.63. The van der Waals surface area contributed by atoms with E-state index in [1.807, 2.05) is 0 Å². The fourth-order valence-corrected chi connectivity index (χ4v) is 4.25. The maximum Gasteiger partial charge on any atom is 0.291 e. The molecule has 2 saturated carbocycles. The molecule has 0 aromatic carbocycles. The molecule has 130 valence electrons. The monoisotopic (exact) mass is 388 g/mol. The van der Waals surface area contributed by atoms with Crippen LogP contribution in [0.5, 0.6) is 0 Å². The van der Waals surface area contributed by atoms with Gasteiger partial charge in [-0.15, -0.1) is 0 Å². The molecule has 0 spiro atoms. The van der Waals surface area contributed by atoms with Gasteiger partial charge in [-0.3, -0.25) is 4.79 Å². The van der Waals surface area contributed by atoms with Gasteiger partial charge < -0.3 is 5.73 Å². The number of fused-ring (bicyclic) bond motifs is 1. The zero-order chi connectivity index (χ0) is 17.3. The number of anilines is 1. The van der Waals surface area contributed by atoms with Crippen LogP contribution >= 0.6 is 34.8 Å². The minimum Gasteiger partial charge on any atom is -0.396 e. The summed E-state index contributed by atoms with van der Waals surface area (Å²) < 4.78 is 0. The number of nitrogen functional groups attached to an aromatic ring is 1. The number of hydrogen-bond donors (Lipinski definition) is 2. The second-order valence-electron chi connectivity index (χ2n) is 6.46. The van der Waals surface area contributed by atoms with Gasteiger partial charge in [0.25, 0.3) is 5.91 Å². The predicted octanol–water partition coefficient (Wildman–Crippen LogP) is 4.70. The number of carbonyl (C=O) groups is 1. The van der Waals surface area contributed by atoms with Gasteiger partial charge in [0.05, 0.1) is 10.7 Å². The van der Waals surface area contributed by atoms with Crippen LogP contribution in [0.4, 0.5) is 5.69 Å². The Morgan fingerprint density at radius 1 is 1.12 bits per heavy atom. The largest absolute Gasteiger partial charge is 0.396 e. The number of halogens is 3. The Hall–Kier alpha value is -1.04. The first-order chi connectivity index (χ1) is 11.5. The second kappa shape index (κ2) is 7.46. The van der Waals surface area contributed by atoms with Crippen molar-refractivity contribution in [2.75, 3.05) is 5.73 Å². The third-order valence-electron chi connectivity index (χ3n) is 4.97. The molecule has 1 amide bonds. The Morgan fingerprint density at radius 2 is 1.83 bits per heavy atom. The van der Waals surface area contributed by atoms with Gasteiger partial charge in [0, 0.05) is 5.71 Å². The van der Waals surface area contributed by atoms with Crippen molar-refractivity contribution in [3.8, 4) is 0 Å². The number of nitrogens with zero attached hydrogens (tertiary/aromatic N) is 2. The van der Waals surface area contributed by atoms with Gasteiger partial charge in [0.1, 0.15) is 5.02 Å². The highest BCUT2D eigenvalue weighted by Gasteiger charge is 2.30. The minimum absolute atomic E-state index is 0.0157. The van der Waals surface area contributed by atoms with Crippen molar-refractivity contribution in [2.24, 2.45) is 16.9 Å². The van der Waals surface area contributed by atoms with E-state index in [2.05, 4.69) is 15.5 Å². The fraction of sp³-hybridized carbons (Fsp3) is 0.562. The molecule has 8 heteroatoms.